The summed E-state index contributed by atoms with van der Waals surface area (Å²) in [4.78, 5) is 25.0. The molecule has 7 heteroatoms. The van der Waals surface area contributed by atoms with Gasteiger partial charge in [0.1, 0.15) is 0 Å². The van der Waals surface area contributed by atoms with Gasteiger partial charge in [0, 0.05) is 18.0 Å². The molecule has 0 unspecified atom stereocenters. The van der Waals surface area contributed by atoms with Crippen LogP contribution in [0.2, 0.25) is 0 Å². The molecule has 2 rings (SSSR count). The van der Waals surface area contributed by atoms with E-state index in [0.717, 1.165) is 24.2 Å². The number of carboxylic acid groups (broad SMARTS) is 1. The van der Waals surface area contributed by atoms with E-state index in [-0.39, 0.29) is 17.1 Å². The Morgan fingerprint density at radius 3 is 2.57 bits per heavy atom. The molecule has 0 aliphatic rings. The lowest BCUT2D eigenvalue weighted by Crippen LogP contribution is -2.04. The molecule has 0 radical (unpaired) electrons. The summed E-state index contributed by atoms with van der Waals surface area (Å²) in [6.07, 6.45) is 1.98. The van der Waals surface area contributed by atoms with Gasteiger partial charge < -0.3 is 10.4 Å². The van der Waals surface area contributed by atoms with Crippen LogP contribution in [0, 0.1) is 10.1 Å². The van der Waals surface area contributed by atoms with Crippen molar-refractivity contribution in [3.05, 3.63) is 57.8 Å². The first kappa shape index (κ1) is 14.4. The summed E-state index contributed by atoms with van der Waals surface area (Å²) >= 11 is 0. The Kier molecular flexibility index (Phi) is 4.13. The third-order valence-corrected chi connectivity index (χ3v) is 2.94. The van der Waals surface area contributed by atoms with Crippen molar-refractivity contribution in [2.24, 2.45) is 0 Å². The van der Waals surface area contributed by atoms with Crippen LogP contribution in [0.4, 0.5) is 17.2 Å². The molecule has 0 bridgehead atoms. The number of benzene rings is 1. The summed E-state index contributed by atoms with van der Waals surface area (Å²) in [5.41, 5.74) is 1.18. The summed E-state index contributed by atoms with van der Waals surface area (Å²) in [5.74, 6) is -1.25. The maximum atomic E-state index is 11.0. The van der Waals surface area contributed by atoms with Gasteiger partial charge >= 0.3 is 11.7 Å². The maximum absolute atomic E-state index is 11.0. The fourth-order valence-corrected chi connectivity index (χ4v) is 1.77. The van der Waals surface area contributed by atoms with Crippen LogP contribution in [0.3, 0.4) is 0 Å². The predicted molar refractivity (Wildman–Crippen MR) is 77.0 cm³/mol. The van der Waals surface area contributed by atoms with E-state index in [1.54, 1.807) is 12.1 Å². The Hall–Kier alpha value is -2.96. The van der Waals surface area contributed by atoms with E-state index in [1.807, 2.05) is 19.1 Å². The number of carboxylic acids is 1. The van der Waals surface area contributed by atoms with Gasteiger partial charge in [-0.25, -0.2) is 9.78 Å². The first-order valence-corrected chi connectivity index (χ1v) is 6.25. The van der Waals surface area contributed by atoms with Crippen LogP contribution < -0.4 is 5.32 Å². The van der Waals surface area contributed by atoms with Gasteiger partial charge in [0.25, 0.3) is 0 Å². The molecule has 108 valence electrons. The number of nitro groups is 1. The van der Waals surface area contributed by atoms with Crippen LogP contribution in [0.5, 0.6) is 0 Å². The van der Waals surface area contributed by atoms with Gasteiger partial charge in [-0.15, -0.1) is 0 Å². The molecule has 0 aliphatic carbocycles. The average molecular weight is 287 g/mol. The Labute approximate surface area is 120 Å². The average Bonchev–Trinajstić information content (AvgIpc) is 2.48. The normalized spacial score (nSPS) is 10.1. The minimum atomic E-state index is -1.26. The number of nitrogens with one attached hydrogen (secondary N) is 1. The Morgan fingerprint density at radius 1 is 1.38 bits per heavy atom. The van der Waals surface area contributed by atoms with E-state index in [9.17, 15) is 14.9 Å². The third-order valence-electron chi connectivity index (χ3n) is 2.94. The fraction of sp³-hybridized carbons (Fsp3) is 0.143. The zero-order valence-corrected chi connectivity index (χ0v) is 11.2. The molecule has 2 aromatic rings. The van der Waals surface area contributed by atoms with Crippen molar-refractivity contribution in [2.75, 3.05) is 5.32 Å². The molecular weight excluding hydrogens is 274 g/mol. The van der Waals surface area contributed by atoms with Gasteiger partial charge in [0.05, 0.1) is 10.5 Å². The molecule has 0 fully saturated rings. The highest BCUT2D eigenvalue weighted by molar-refractivity contribution is 5.89. The SMILES string of the molecule is CCc1ccc(Nc2ncc(C(=O)O)cc2[N+](=O)[O-])cc1. The predicted octanol–water partition coefficient (Wildman–Crippen LogP) is 2.99. The Balaban J connectivity index is 2.34. The largest absolute Gasteiger partial charge is 0.478 e. The smallest absolute Gasteiger partial charge is 0.337 e. The van der Waals surface area contributed by atoms with Gasteiger partial charge in [-0.05, 0) is 24.1 Å². The zero-order chi connectivity index (χ0) is 15.4. The lowest BCUT2D eigenvalue weighted by Gasteiger charge is -2.07. The molecule has 7 nitrogen and oxygen atoms in total. The first-order chi connectivity index (χ1) is 10.0. The van der Waals surface area contributed by atoms with Gasteiger partial charge in [-0.2, -0.15) is 0 Å². The molecular formula is C14H13N3O4. The molecule has 0 amide bonds. The number of anilines is 2. The molecule has 0 saturated carbocycles. The van der Waals surface area contributed by atoms with Crippen LogP contribution in [0.25, 0.3) is 0 Å². The van der Waals surface area contributed by atoms with E-state index in [4.69, 9.17) is 5.11 Å². The molecule has 2 N–H and O–H groups in total. The molecule has 0 aliphatic heterocycles. The number of hydrogen-bond donors (Lipinski definition) is 2. The number of aromatic carboxylic acids is 1. The van der Waals surface area contributed by atoms with E-state index in [1.165, 1.54) is 0 Å². The second-order valence-electron chi connectivity index (χ2n) is 4.33. The molecule has 1 aromatic carbocycles. The van der Waals surface area contributed by atoms with E-state index < -0.39 is 10.9 Å². The number of hydrogen-bond acceptors (Lipinski definition) is 5. The highest BCUT2D eigenvalue weighted by Gasteiger charge is 2.19. The summed E-state index contributed by atoms with van der Waals surface area (Å²) < 4.78 is 0. The van der Waals surface area contributed by atoms with Gasteiger partial charge in [-0.3, -0.25) is 10.1 Å². The second kappa shape index (κ2) is 6.00. The summed E-state index contributed by atoms with van der Waals surface area (Å²) in [6, 6.07) is 8.36. The van der Waals surface area contributed by atoms with Crippen LogP contribution in [0.15, 0.2) is 36.5 Å². The summed E-state index contributed by atoms with van der Waals surface area (Å²) in [5, 5.41) is 22.7. The number of pyridine rings is 1. The van der Waals surface area contributed by atoms with Gasteiger partial charge in [0.15, 0.2) is 0 Å². The van der Waals surface area contributed by atoms with Crippen LogP contribution in [-0.4, -0.2) is 21.0 Å². The Bertz CT molecular complexity index is 683. The van der Waals surface area contributed by atoms with Gasteiger partial charge in [0.2, 0.25) is 5.82 Å². The number of aromatic nitrogens is 1. The number of aryl methyl sites for hydroxylation is 1. The molecule has 0 atom stereocenters. The minimum Gasteiger partial charge on any atom is -0.478 e. The van der Waals surface area contributed by atoms with Crippen molar-refractivity contribution in [1.29, 1.82) is 0 Å². The highest BCUT2D eigenvalue weighted by Crippen LogP contribution is 2.26. The van der Waals surface area contributed by atoms with Crippen LogP contribution in [-0.2, 0) is 6.42 Å². The molecule has 0 saturated heterocycles. The molecule has 0 spiro atoms. The second-order valence-corrected chi connectivity index (χ2v) is 4.33. The number of carbonyl (C=O) groups is 1. The van der Waals surface area contributed by atoms with Crippen molar-refractivity contribution in [3.63, 3.8) is 0 Å². The van der Waals surface area contributed by atoms with E-state index in [2.05, 4.69) is 10.3 Å². The zero-order valence-electron chi connectivity index (χ0n) is 11.2. The molecule has 21 heavy (non-hydrogen) atoms. The van der Waals surface area contributed by atoms with Crippen molar-refractivity contribution in [2.45, 2.75) is 13.3 Å². The van der Waals surface area contributed by atoms with E-state index >= 15 is 0 Å². The number of nitrogens with zero attached hydrogens (tertiary/aromatic N) is 2. The minimum absolute atomic E-state index is 0.00856. The van der Waals surface area contributed by atoms with Crippen molar-refractivity contribution in [1.82, 2.24) is 4.98 Å². The molecule has 1 aromatic heterocycles. The Morgan fingerprint density at radius 2 is 2.05 bits per heavy atom. The molecule has 1 heterocycles. The van der Waals surface area contributed by atoms with Crippen LogP contribution in [0.1, 0.15) is 22.8 Å². The van der Waals surface area contributed by atoms with Crippen LogP contribution >= 0.6 is 0 Å². The lowest BCUT2D eigenvalue weighted by atomic mass is 10.1. The van der Waals surface area contributed by atoms with Crippen molar-refractivity contribution < 1.29 is 14.8 Å². The summed E-state index contributed by atoms with van der Waals surface area (Å²) in [6.45, 7) is 2.03. The standard InChI is InChI=1S/C14H13N3O4/c1-2-9-3-5-11(6-4-9)16-13-12(17(20)21)7-10(8-15-13)14(18)19/h3-8H,2H2,1H3,(H,15,16)(H,18,19). The van der Waals surface area contributed by atoms with Crippen molar-refractivity contribution >= 4 is 23.2 Å². The third kappa shape index (κ3) is 3.33. The van der Waals surface area contributed by atoms with E-state index in [0.29, 0.717) is 5.69 Å². The first-order valence-electron chi connectivity index (χ1n) is 6.25. The maximum Gasteiger partial charge on any atom is 0.337 e. The summed E-state index contributed by atoms with van der Waals surface area (Å²) in [7, 11) is 0. The van der Waals surface area contributed by atoms with Gasteiger partial charge in [-0.1, -0.05) is 19.1 Å². The monoisotopic (exact) mass is 287 g/mol. The van der Waals surface area contributed by atoms with Crippen molar-refractivity contribution in [3.8, 4) is 0 Å². The topological polar surface area (TPSA) is 105 Å². The fourth-order valence-electron chi connectivity index (χ4n) is 1.77. The number of rotatable bonds is 5. The highest BCUT2D eigenvalue weighted by atomic mass is 16.6. The lowest BCUT2D eigenvalue weighted by molar-refractivity contribution is -0.384. The quantitative estimate of drug-likeness (QED) is 0.647.